The summed E-state index contributed by atoms with van der Waals surface area (Å²) in [5.41, 5.74) is 0.373. The SMILES string of the molecule is CC.CC.COC(=O)CCCOc1ccccc1C(=O)OC. The van der Waals surface area contributed by atoms with E-state index in [1.54, 1.807) is 24.3 Å². The van der Waals surface area contributed by atoms with E-state index in [2.05, 4.69) is 9.47 Å². The van der Waals surface area contributed by atoms with Gasteiger partial charge < -0.3 is 14.2 Å². The fraction of sp³-hybridized carbons (Fsp3) is 0.529. The van der Waals surface area contributed by atoms with Crippen LogP contribution in [0.1, 0.15) is 50.9 Å². The second-order valence-corrected chi connectivity index (χ2v) is 3.52. The number of para-hydroxylation sites is 1. The number of esters is 2. The Bertz CT molecular complexity index is 415. The normalized spacial score (nSPS) is 8.45. The van der Waals surface area contributed by atoms with Gasteiger partial charge in [-0.05, 0) is 18.6 Å². The van der Waals surface area contributed by atoms with Crippen molar-refractivity contribution in [2.24, 2.45) is 0 Å². The molecular formula is C17H28O5. The largest absolute Gasteiger partial charge is 0.493 e. The van der Waals surface area contributed by atoms with Crippen LogP contribution in [0.2, 0.25) is 0 Å². The first-order valence-electron chi connectivity index (χ1n) is 7.56. The monoisotopic (exact) mass is 312 g/mol. The Labute approximate surface area is 133 Å². The van der Waals surface area contributed by atoms with E-state index in [1.165, 1.54) is 14.2 Å². The first-order chi connectivity index (χ1) is 10.7. The molecule has 0 saturated heterocycles. The van der Waals surface area contributed by atoms with Crippen LogP contribution in [0.3, 0.4) is 0 Å². The number of ether oxygens (including phenoxy) is 3. The van der Waals surface area contributed by atoms with Crippen LogP contribution >= 0.6 is 0 Å². The van der Waals surface area contributed by atoms with Crippen molar-refractivity contribution in [3.63, 3.8) is 0 Å². The highest BCUT2D eigenvalue weighted by atomic mass is 16.5. The Morgan fingerprint density at radius 1 is 0.955 bits per heavy atom. The molecule has 1 aromatic rings. The van der Waals surface area contributed by atoms with Crippen molar-refractivity contribution in [2.45, 2.75) is 40.5 Å². The summed E-state index contributed by atoms with van der Waals surface area (Å²) in [6.07, 6.45) is 0.819. The molecule has 0 radical (unpaired) electrons. The summed E-state index contributed by atoms with van der Waals surface area (Å²) in [5, 5.41) is 0. The molecule has 0 saturated carbocycles. The number of rotatable bonds is 6. The van der Waals surface area contributed by atoms with Crippen LogP contribution in [0.25, 0.3) is 0 Å². The van der Waals surface area contributed by atoms with Gasteiger partial charge in [0.2, 0.25) is 0 Å². The summed E-state index contributed by atoms with van der Waals surface area (Å²) in [6, 6.07) is 6.81. The number of hydrogen-bond donors (Lipinski definition) is 0. The van der Waals surface area contributed by atoms with E-state index in [-0.39, 0.29) is 12.4 Å². The number of carbonyl (C=O) groups excluding carboxylic acids is 2. The number of carbonyl (C=O) groups is 2. The highest BCUT2D eigenvalue weighted by Gasteiger charge is 2.11. The van der Waals surface area contributed by atoms with Gasteiger partial charge in [-0.2, -0.15) is 0 Å². The van der Waals surface area contributed by atoms with Crippen molar-refractivity contribution in [3.05, 3.63) is 29.8 Å². The zero-order chi connectivity index (χ0) is 17.4. The molecule has 0 aliphatic rings. The molecule has 0 spiro atoms. The maximum atomic E-state index is 11.4. The summed E-state index contributed by atoms with van der Waals surface area (Å²) in [7, 11) is 2.66. The lowest BCUT2D eigenvalue weighted by Crippen LogP contribution is -2.08. The highest BCUT2D eigenvalue weighted by Crippen LogP contribution is 2.19. The topological polar surface area (TPSA) is 61.8 Å². The van der Waals surface area contributed by atoms with E-state index >= 15 is 0 Å². The van der Waals surface area contributed by atoms with Gasteiger partial charge >= 0.3 is 11.9 Å². The van der Waals surface area contributed by atoms with Gasteiger partial charge in [0.25, 0.3) is 0 Å². The molecule has 5 heteroatoms. The molecule has 22 heavy (non-hydrogen) atoms. The van der Waals surface area contributed by atoms with Crippen LogP contribution in [0.5, 0.6) is 5.75 Å². The summed E-state index contributed by atoms with van der Waals surface area (Å²) in [5.74, 6) is -0.271. The second-order valence-electron chi connectivity index (χ2n) is 3.52. The molecule has 0 unspecified atom stereocenters. The maximum absolute atomic E-state index is 11.4. The summed E-state index contributed by atoms with van der Waals surface area (Å²) in [4.78, 5) is 22.3. The zero-order valence-electron chi connectivity index (χ0n) is 14.5. The van der Waals surface area contributed by atoms with Crippen LogP contribution in [0, 0.1) is 0 Å². The van der Waals surface area contributed by atoms with Crippen LogP contribution in [0.15, 0.2) is 24.3 Å². The number of hydrogen-bond acceptors (Lipinski definition) is 5. The summed E-state index contributed by atoms with van der Waals surface area (Å²) < 4.78 is 14.6. The molecule has 0 atom stereocenters. The quantitative estimate of drug-likeness (QED) is 0.589. The predicted molar refractivity (Wildman–Crippen MR) is 87.2 cm³/mol. The molecule has 126 valence electrons. The Morgan fingerprint density at radius 3 is 2.09 bits per heavy atom. The van der Waals surface area contributed by atoms with Crippen molar-refractivity contribution in [3.8, 4) is 5.75 Å². The average Bonchev–Trinajstić information content (AvgIpc) is 2.61. The van der Waals surface area contributed by atoms with E-state index in [4.69, 9.17) is 4.74 Å². The Morgan fingerprint density at radius 2 is 1.55 bits per heavy atom. The minimum Gasteiger partial charge on any atom is -0.493 e. The van der Waals surface area contributed by atoms with E-state index < -0.39 is 5.97 Å². The van der Waals surface area contributed by atoms with Crippen LogP contribution in [-0.2, 0) is 14.3 Å². The van der Waals surface area contributed by atoms with Crippen molar-refractivity contribution >= 4 is 11.9 Å². The van der Waals surface area contributed by atoms with E-state index in [1.807, 2.05) is 27.7 Å². The van der Waals surface area contributed by atoms with Gasteiger partial charge in [-0.1, -0.05) is 39.8 Å². The Kier molecular flexibility index (Phi) is 15.5. The lowest BCUT2D eigenvalue weighted by atomic mass is 10.2. The van der Waals surface area contributed by atoms with Gasteiger partial charge in [0.05, 0.1) is 20.8 Å². The molecule has 0 aliphatic heterocycles. The van der Waals surface area contributed by atoms with Crippen LogP contribution in [0.4, 0.5) is 0 Å². The van der Waals surface area contributed by atoms with E-state index in [0.717, 1.165) is 0 Å². The molecule has 0 fully saturated rings. The molecule has 0 amide bonds. The van der Waals surface area contributed by atoms with E-state index in [0.29, 0.717) is 24.3 Å². The molecule has 0 aliphatic carbocycles. The first kappa shape index (κ1) is 22.2. The van der Waals surface area contributed by atoms with Crippen LogP contribution in [-0.4, -0.2) is 32.8 Å². The molecule has 1 aromatic carbocycles. The van der Waals surface area contributed by atoms with Gasteiger partial charge in [0.15, 0.2) is 0 Å². The minimum atomic E-state index is -0.446. The summed E-state index contributed by atoms with van der Waals surface area (Å²) >= 11 is 0. The van der Waals surface area contributed by atoms with Gasteiger partial charge in [0.1, 0.15) is 11.3 Å². The highest BCUT2D eigenvalue weighted by molar-refractivity contribution is 5.92. The van der Waals surface area contributed by atoms with Crippen molar-refractivity contribution in [2.75, 3.05) is 20.8 Å². The third kappa shape index (κ3) is 9.00. The summed E-state index contributed by atoms with van der Waals surface area (Å²) in [6.45, 7) is 8.34. The average molecular weight is 312 g/mol. The van der Waals surface area contributed by atoms with E-state index in [9.17, 15) is 9.59 Å². The maximum Gasteiger partial charge on any atom is 0.341 e. The molecule has 1 rings (SSSR count). The Balaban J connectivity index is 0. The Hall–Kier alpha value is -2.04. The van der Waals surface area contributed by atoms with Gasteiger partial charge in [-0.15, -0.1) is 0 Å². The third-order valence-corrected chi connectivity index (χ3v) is 2.30. The fourth-order valence-corrected chi connectivity index (χ4v) is 1.37. The minimum absolute atomic E-state index is 0.278. The van der Waals surface area contributed by atoms with Crippen molar-refractivity contribution < 1.29 is 23.8 Å². The number of methoxy groups -OCH3 is 2. The van der Waals surface area contributed by atoms with Crippen molar-refractivity contribution in [1.29, 1.82) is 0 Å². The first-order valence-corrected chi connectivity index (χ1v) is 7.56. The molecule has 5 nitrogen and oxygen atoms in total. The van der Waals surface area contributed by atoms with Gasteiger partial charge in [-0.3, -0.25) is 4.79 Å². The smallest absolute Gasteiger partial charge is 0.341 e. The fourth-order valence-electron chi connectivity index (χ4n) is 1.37. The van der Waals surface area contributed by atoms with Gasteiger partial charge in [0, 0.05) is 6.42 Å². The second kappa shape index (κ2) is 15.4. The lowest BCUT2D eigenvalue weighted by molar-refractivity contribution is -0.140. The lowest BCUT2D eigenvalue weighted by Gasteiger charge is -2.09. The van der Waals surface area contributed by atoms with Gasteiger partial charge in [-0.25, -0.2) is 4.79 Å². The number of benzene rings is 1. The molecular weight excluding hydrogens is 284 g/mol. The predicted octanol–water partition coefficient (Wildman–Crippen LogP) is 3.86. The zero-order valence-corrected chi connectivity index (χ0v) is 14.5. The molecule has 0 bridgehead atoms. The standard InChI is InChI=1S/C13H16O5.2C2H6/c1-16-12(14)8-5-9-18-11-7-4-3-6-10(11)13(15)17-2;2*1-2/h3-4,6-7H,5,8-9H2,1-2H3;2*1-2H3. The third-order valence-electron chi connectivity index (χ3n) is 2.30. The molecule has 0 N–H and O–H groups in total. The molecule has 0 aromatic heterocycles. The van der Waals surface area contributed by atoms with Crippen molar-refractivity contribution in [1.82, 2.24) is 0 Å². The molecule has 0 heterocycles. The van der Waals surface area contributed by atoms with Crippen LogP contribution < -0.4 is 4.74 Å².